The lowest BCUT2D eigenvalue weighted by molar-refractivity contribution is -0.929. The van der Waals surface area contributed by atoms with Crippen molar-refractivity contribution in [2.24, 2.45) is 0 Å². The number of hydrogen-bond donors (Lipinski definition) is 2. The molecule has 0 fully saturated rings. The van der Waals surface area contributed by atoms with Crippen LogP contribution in [0.1, 0.15) is 33.5 Å². The first-order chi connectivity index (χ1) is 12.0. The van der Waals surface area contributed by atoms with Crippen LogP contribution >= 0.6 is 0 Å². The molecule has 4 rings (SSSR count). The molecule has 3 aromatic rings. The fraction of sp³-hybridized carbons (Fsp3) is 0.318. The van der Waals surface area contributed by atoms with Gasteiger partial charge in [0.1, 0.15) is 13.1 Å². The van der Waals surface area contributed by atoms with Gasteiger partial charge in [-0.2, -0.15) is 0 Å². The van der Waals surface area contributed by atoms with E-state index in [0.717, 1.165) is 59.3 Å². The molecule has 1 atom stereocenters. The highest BCUT2D eigenvalue weighted by Crippen LogP contribution is 2.19. The zero-order valence-corrected chi connectivity index (χ0v) is 15.2. The predicted octanol–water partition coefficient (Wildman–Crippen LogP) is 2.59. The highest BCUT2D eigenvalue weighted by atomic mass is 16.1. The Hall–Kier alpha value is -2.39. The fourth-order valence-electron chi connectivity index (χ4n) is 4.11. The molecule has 0 spiro atoms. The van der Waals surface area contributed by atoms with E-state index in [1.54, 1.807) is 0 Å². The van der Waals surface area contributed by atoms with Gasteiger partial charge in [-0.15, -0.1) is 0 Å². The van der Waals surface area contributed by atoms with Crippen LogP contribution in [-0.2, 0) is 19.5 Å². The number of H-pyrrole nitrogens is 1. The summed E-state index contributed by atoms with van der Waals surface area (Å²) in [6.07, 6.45) is 1.09. The number of rotatable bonds is 2. The summed E-state index contributed by atoms with van der Waals surface area (Å²) in [7, 11) is 0. The number of aromatic amines is 1. The summed E-state index contributed by atoms with van der Waals surface area (Å²) in [4.78, 5) is 18.2. The minimum Gasteiger partial charge on any atom is -0.358 e. The van der Waals surface area contributed by atoms with E-state index < -0.39 is 0 Å². The lowest BCUT2D eigenvalue weighted by atomic mass is 9.98. The van der Waals surface area contributed by atoms with Gasteiger partial charge in [0.15, 0.2) is 5.43 Å². The van der Waals surface area contributed by atoms with Crippen molar-refractivity contribution in [1.29, 1.82) is 0 Å². The second-order valence-corrected chi connectivity index (χ2v) is 7.38. The average Bonchev–Trinajstić information content (AvgIpc) is 2.61. The van der Waals surface area contributed by atoms with Crippen LogP contribution in [0.15, 0.2) is 41.2 Å². The van der Waals surface area contributed by atoms with Crippen molar-refractivity contribution in [3.05, 3.63) is 80.1 Å². The predicted molar refractivity (Wildman–Crippen MR) is 102 cm³/mol. The summed E-state index contributed by atoms with van der Waals surface area (Å²) < 4.78 is 0. The normalized spacial score (nSPS) is 16.8. The first kappa shape index (κ1) is 16.1. The Morgan fingerprint density at radius 3 is 2.52 bits per heavy atom. The van der Waals surface area contributed by atoms with Gasteiger partial charge in [0, 0.05) is 23.1 Å². The molecule has 2 heterocycles. The third-order valence-electron chi connectivity index (χ3n) is 5.62. The van der Waals surface area contributed by atoms with E-state index in [9.17, 15) is 4.79 Å². The minimum atomic E-state index is 0.207. The summed E-state index contributed by atoms with van der Waals surface area (Å²) in [6.45, 7) is 9.00. The second-order valence-electron chi connectivity index (χ2n) is 7.38. The maximum atomic E-state index is 13.2. The maximum absolute atomic E-state index is 13.2. The number of pyridine rings is 1. The average molecular weight is 333 g/mol. The van der Waals surface area contributed by atoms with Gasteiger partial charge in [-0.3, -0.25) is 4.79 Å². The van der Waals surface area contributed by atoms with Crippen molar-refractivity contribution in [3.63, 3.8) is 0 Å². The maximum Gasteiger partial charge on any atom is 0.198 e. The van der Waals surface area contributed by atoms with Gasteiger partial charge in [0.2, 0.25) is 0 Å². The lowest BCUT2D eigenvalue weighted by Crippen LogP contribution is -3.10. The van der Waals surface area contributed by atoms with Gasteiger partial charge < -0.3 is 9.88 Å². The van der Waals surface area contributed by atoms with Gasteiger partial charge in [-0.05, 0) is 37.5 Å². The molecule has 0 saturated heterocycles. The van der Waals surface area contributed by atoms with Crippen LogP contribution in [-0.4, -0.2) is 11.5 Å². The summed E-state index contributed by atoms with van der Waals surface area (Å²) in [5.74, 6) is 0. The molecule has 128 valence electrons. The van der Waals surface area contributed by atoms with E-state index in [2.05, 4.69) is 48.3 Å². The number of aromatic nitrogens is 1. The number of quaternary nitrogens is 1. The molecule has 3 heteroatoms. The van der Waals surface area contributed by atoms with E-state index in [4.69, 9.17) is 0 Å². The van der Waals surface area contributed by atoms with Crippen LogP contribution in [0.2, 0.25) is 0 Å². The van der Waals surface area contributed by atoms with E-state index in [1.165, 1.54) is 16.0 Å². The van der Waals surface area contributed by atoms with Crippen molar-refractivity contribution >= 4 is 10.9 Å². The molecular formula is C22H25N2O+. The zero-order valence-electron chi connectivity index (χ0n) is 15.2. The number of aryl methyl sites for hydroxylation is 3. The van der Waals surface area contributed by atoms with Crippen LogP contribution in [0.4, 0.5) is 0 Å². The third kappa shape index (κ3) is 2.79. The van der Waals surface area contributed by atoms with Crippen molar-refractivity contribution in [2.45, 2.75) is 40.3 Å². The Morgan fingerprint density at radius 2 is 1.72 bits per heavy atom. The van der Waals surface area contributed by atoms with Gasteiger partial charge >= 0.3 is 0 Å². The molecule has 1 unspecified atom stereocenters. The highest BCUT2D eigenvalue weighted by molar-refractivity contribution is 5.85. The number of hydrogen-bond acceptors (Lipinski definition) is 1. The van der Waals surface area contributed by atoms with Gasteiger partial charge in [-0.1, -0.05) is 36.4 Å². The Kier molecular flexibility index (Phi) is 3.97. The highest BCUT2D eigenvalue weighted by Gasteiger charge is 2.22. The summed E-state index contributed by atoms with van der Waals surface area (Å²) in [5.41, 5.74) is 8.22. The molecule has 2 N–H and O–H groups in total. The van der Waals surface area contributed by atoms with Crippen molar-refractivity contribution in [2.75, 3.05) is 6.54 Å². The minimum absolute atomic E-state index is 0.207. The molecule has 25 heavy (non-hydrogen) atoms. The monoisotopic (exact) mass is 333 g/mol. The molecule has 2 aromatic carbocycles. The first-order valence-corrected chi connectivity index (χ1v) is 9.06. The molecule has 0 amide bonds. The largest absolute Gasteiger partial charge is 0.358 e. The Balaban J connectivity index is 1.73. The van der Waals surface area contributed by atoms with Crippen LogP contribution in [0.5, 0.6) is 0 Å². The SMILES string of the molecule is Cc1[nH]c2c(C)ccc(C)c2c(=O)c1C[NH+]1CCc2ccccc2C1. The smallest absolute Gasteiger partial charge is 0.198 e. The molecule has 0 saturated carbocycles. The second kappa shape index (κ2) is 6.16. The molecule has 3 nitrogen and oxygen atoms in total. The van der Waals surface area contributed by atoms with E-state index in [0.29, 0.717) is 0 Å². The molecule has 1 aliphatic rings. The molecule has 0 aliphatic carbocycles. The lowest BCUT2D eigenvalue weighted by Gasteiger charge is -2.26. The third-order valence-corrected chi connectivity index (χ3v) is 5.62. The number of nitrogens with one attached hydrogen (secondary N) is 2. The Morgan fingerprint density at radius 1 is 1.00 bits per heavy atom. The molecule has 1 aliphatic heterocycles. The van der Waals surface area contributed by atoms with E-state index in [1.807, 2.05) is 13.8 Å². The van der Waals surface area contributed by atoms with E-state index >= 15 is 0 Å². The molecule has 0 radical (unpaired) electrons. The van der Waals surface area contributed by atoms with E-state index in [-0.39, 0.29) is 5.43 Å². The van der Waals surface area contributed by atoms with Gasteiger partial charge in [-0.25, -0.2) is 0 Å². The van der Waals surface area contributed by atoms with Crippen LogP contribution in [0.3, 0.4) is 0 Å². The van der Waals surface area contributed by atoms with Crippen molar-refractivity contribution in [1.82, 2.24) is 4.98 Å². The summed E-state index contributed by atoms with van der Waals surface area (Å²) in [6, 6.07) is 12.8. The topological polar surface area (TPSA) is 37.3 Å². The zero-order chi connectivity index (χ0) is 17.6. The standard InChI is InChI=1S/C22H24N2O/c1-14-8-9-15(2)21-20(14)22(25)19(16(3)23-21)13-24-11-10-17-6-4-5-7-18(17)12-24/h4-9H,10-13H2,1-3H3,(H,23,25)/p+1. The van der Waals surface area contributed by atoms with Crippen LogP contribution in [0.25, 0.3) is 10.9 Å². The molecule has 1 aromatic heterocycles. The fourth-order valence-corrected chi connectivity index (χ4v) is 4.11. The van der Waals surface area contributed by atoms with Crippen molar-refractivity contribution < 1.29 is 4.90 Å². The van der Waals surface area contributed by atoms with Crippen molar-refractivity contribution in [3.8, 4) is 0 Å². The summed E-state index contributed by atoms with van der Waals surface area (Å²) in [5, 5.41) is 0.859. The Labute approximate surface area is 148 Å². The molecular weight excluding hydrogens is 308 g/mol. The van der Waals surface area contributed by atoms with Crippen LogP contribution in [0, 0.1) is 20.8 Å². The molecule has 0 bridgehead atoms. The number of benzene rings is 2. The quantitative estimate of drug-likeness (QED) is 0.743. The van der Waals surface area contributed by atoms with Gasteiger partial charge in [0.05, 0.1) is 17.6 Å². The Bertz CT molecular complexity index is 1020. The van der Waals surface area contributed by atoms with Crippen LogP contribution < -0.4 is 10.3 Å². The van der Waals surface area contributed by atoms with Gasteiger partial charge in [0.25, 0.3) is 0 Å². The first-order valence-electron chi connectivity index (χ1n) is 9.06. The summed E-state index contributed by atoms with van der Waals surface area (Å²) >= 11 is 0. The number of fused-ring (bicyclic) bond motifs is 2.